The molecule has 0 radical (unpaired) electrons. The van der Waals surface area contributed by atoms with Gasteiger partial charge in [-0.3, -0.25) is 0 Å². The van der Waals surface area contributed by atoms with Gasteiger partial charge in [0.2, 0.25) is 0 Å². The second kappa shape index (κ2) is 4.01. The molecule has 2 nitrogen and oxygen atoms in total. The Morgan fingerprint density at radius 3 is 2.56 bits per heavy atom. The summed E-state index contributed by atoms with van der Waals surface area (Å²) in [7, 11) is 3.76. The third-order valence-electron chi connectivity index (χ3n) is 0.867. The zero-order valence-corrected chi connectivity index (χ0v) is 6.05. The van der Waals surface area contributed by atoms with Gasteiger partial charge in [-0.25, -0.2) is 0 Å². The molecule has 0 spiro atoms. The number of hydrogen-bond donors (Lipinski definition) is 0. The standard InChI is InChI=1S/C7H13NO/c1-5-6-9-7(2)8(3)4/h5H,1-2,6H2,3-4H3. The average molecular weight is 127 g/mol. The highest BCUT2D eigenvalue weighted by Gasteiger charge is 1.91. The van der Waals surface area contributed by atoms with Crippen LogP contribution in [0.5, 0.6) is 0 Å². The fraction of sp³-hybridized carbons (Fsp3) is 0.429. The van der Waals surface area contributed by atoms with Crippen LogP contribution in [0.1, 0.15) is 0 Å². The first kappa shape index (κ1) is 8.08. The van der Waals surface area contributed by atoms with E-state index >= 15 is 0 Å². The smallest absolute Gasteiger partial charge is 0.181 e. The molecule has 0 aliphatic rings. The normalized spacial score (nSPS) is 8.22. The molecule has 9 heavy (non-hydrogen) atoms. The molecule has 0 aromatic carbocycles. The molecule has 0 aromatic rings. The quantitative estimate of drug-likeness (QED) is 0.416. The van der Waals surface area contributed by atoms with E-state index in [4.69, 9.17) is 4.74 Å². The molecule has 0 heterocycles. The molecule has 0 aromatic heterocycles. The highest BCUT2D eigenvalue weighted by molar-refractivity contribution is 4.80. The first-order chi connectivity index (χ1) is 4.18. The SMILES string of the molecule is C=CCOC(=C)N(C)C. The minimum absolute atomic E-state index is 0.525. The molecule has 0 aliphatic heterocycles. The molecule has 0 atom stereocenters. The second-order valence-electron chi connectivity index (χ2n) is 1.89. The maximum atomic E-state index is 5.07. The monoisotopic (exact) mass is 127 g/mol. The molecule has 0 amide bonds. The molecule has 0 N–H and O–H groups in total. The Bertz CT molecular complexity index is 107. The van der Waals surface area contributed by atoms with Gasteiger partial charge in [-0.2, -0.15) is 0 Å². The summed E-state index contributed by atoms with van der Waals surface area (Å²) in [5.41, 5.74) is 0. The minimum atomic E-state index is 0.525. The van der Waals surface area contributed by atoms with Crippen molar-refractivity contribution in [2.24, 2.45) is 0 Å². The Labute approximate surface area is 56.4 Å². The van der Waals surface area contributed by atoms with Gasteiger partial charge < -0.3 is 9.64 Å². The second-order valence-corrected chi connectivity index (χ2v) is 1.89. The van der Waals surface area contributed by atoms with Crippen molar-refractivity contribution < 1.29 is 4.74 Å². The number of rotatable bonds is 4. The summed E-state index contributed by atoms with van der Waals surface area (Å²) in [6, 6.07) is 0. The molecule has 0 aliphatic carbocycles. The first-order valence-electron chi connectivity index (χ1n) is 2.78. The molecule has 0 bridgehead atoms. The van der Waals surface area contributed by atoms with E-state index in [-0.39, 0.29) is 0 Å². The minimum Gasteiger partial charge on any atom is -0.475 e. The fourth-order valence-electron chi connectivity index (χ4n) is 0.284. The van der Waals surface area contributed by atoms with Crippen molar-refractivity contribution in [1.82, 2.24) is 4.90 Å². The number of hydrogen-bond acceptors (Lipinski definition) is 2. The fourth-order valence-corrected chi connectivity index (χ4v) is 0.284. The summed E-state index contributed by atoms with van der Waals surface area (Å²) >= 11 is 0. The van der Waals surface area contributed by atoms with Crippen molar-refractivity contribution in [1.29, 1.82) is 0 Å². The molecule has 0 saturated heterocycles. The van der Waals surface area contributed by atoms with Gasteiger partial charge in [0.05, 0.1) is 0 Å². The molecular weight excluding hydrogens is 114 g/mol. The van der Waals surface area contributed by atoms with Crippen molar-refractivity contribution >= 4 is 0 Å². The predicted molar refractivity (Wildman–Crippen MR) is 39.0 cm³/mol. The van der Waals surface area contributed by atoms with Crippen LogP contribution in [-0.2, 0) is 4.74 Å². The summed E-state index contributed by atoms with van der Waals surface area (Å²) < 4.78 is 5.07. The molecule has 0 unspecified atom stereocenters. The zero-order chi connectivity index (χ0) is 7.28. The summed E-state index contributed by atoms with van der Waals surface area (Å²) in [5.74, 6) is 0.662. The van der Waals surface area contributed by atoms with E-state index in [9.17, 15) is 0 Å². The van der Waals surface area contributed by atoms with Crippen LogP contribution in [-0.4, -0.2) is 25.6 Å². The van der Waals surface area contributed by atoms with E-state index in [1.807, 2.05) is 19.0 Å². The maximum absolute atomic E-state index is 5.07. The van der Waals surface area contributed by atoms with Crippen LogP contribution in [0.15, 0.2) is 25.1 Å². The van der Waals surface area contributed by atoms with E-state index in [1.165, 1.54) is 0 Å². The Morgan fingerprint density at radius 2 is 2.22 bits per heavy atom. The van der Waals surface area contributed by atoms with Crippen LogP contribution in [0.25, 0.3) is 0 Å². The number of ether oxygens (including phenoxy) is 1. The van der Waals surface area contributed by atoms with Crippen LogP contribution in [0.3, 0.4) is 0 Å². The van der Waals surface area contributed by atoms with Gasteiger partial charge in [0.25, 0.3) is 0 Å². The van der Waals surface area contributed by atoms with Crippen molar-refractivity contribution in [3.63, 3.8) is 0 Å². The maximum Gasteiger partial charge on any atom is 0.181 e. The lowest BCUT2D eigenvalue weighted by molar-refractivity contribution is 0.167. The van der Waals surface area contributed by atoms with Crippen LogP contribution < -0.4 is 0 Å². The van der Waals surface area contributed by atoms with Crippen molar-refractivity contribution in [3.8, 4) is 0 Å². The number of nitrogens with zero attached hydrogens (tertiary/aromatic N) is 1. The van der Waals surface area contributed by atoms with Crippen molar-refractivity contribution in [2.45, 2.75) is 0 Å². The summed E-state index contributed by atoms with van der Waals surface area (Å²) in [4.78, 5) is 1.81. The van der Waals surface area contributed by atoms with Crippen LogP contribution in [0, 0.1) is 0 Å². The van der Waals surface area contributed by atoms with Gasteiger partial charge in [0, 0.05) is 14.1 Å². The van der Waals surface area contributed by atoms with Crippen LogP contribution >= 0.6 is 0 Å². The Balaban J connectivity index is 3.38. The third-order valence-corrected chi connectivity index (χ3v) is 0.867. The first-order valence-corrected chi connectivity index (χ1v) is 2.78. The van der Waals surface area contributed by atoms with Crippen LogP contribution in [0.4, 0.5) is 0 Å². The van der Waals surface area contributed by atoms with Crippen molar-refractivity contribution in [3.05, 3.63) is 25.1 Å². The van der Waals surface area contributed by atoms with Gasteiger partial charge in [0.1, 0.15) is 6.61 Å². The lowest BCUT2D eigenvalue weighted by Gasteiger charge is -2.14. The van der Waals surface area contributed by atoms with E-state index < -0.39 is 0 Å². The molecule has 0 fully saturated rings. The van der Waals surface area contributed by atoms with E-state index in [1.54, 1.807) is 6.08 Å². The summed E-state index contributed by atoms with van der Waals surface area (Å²) in [6.45, 7) is 7.68. The molecule has 52 valence electrons. The summed E-state index contributed by atoms with van der Waals surface area (Å²) in [5, 5.41) is 0. The van der Waals surface area contributed by atoms with E-state index in [2.05, 4.69) is 13.2 Å². The Kier molecular flexibility index (Phi) is 3.60. The van der Waals surface area contributed by atoms with Gasteiger partial charge in [0.15, 0.2) is 5.88 Å². The van der Waals surface area contributed by atoms with E-state index in [0.717, 1.165) is 0 Å². The van der Waals surface area contributed by atoms with Gasteiger partial charge in [-0.15, -0.1) is 0 Å². The topological polar surface area (TPSA) is 12.5 Å². The lowest BCUT2D eigenvalue weighted by atomic mass is 10.7. The van der Waals surface area contributed by atoms with Gasteiger partial charge in [-0.05, 0) is 6.58 Å². The Morgan fingerprint density at radius 1 is 1.67 bits per heavy atom. The zero-order valence-electron chi connectivity index (χ0n) is 6.05. The molecule has 0 rings (SSSR count). The summed E-state index contributed by atoms with van der Waals surface area (Å²) in [6.07, 6.45) is 1.69. The molecule has 2 heteroatoms. The van der Waals surface area contributed by atoms with Gasteiger partial charge in [-0.1, -0.05) is 12.7 Å². The Hall–Kier alpha value is -0.920. The molecular formula is C7H13NO. The van der Waals surface area contributed by atoms with Crippen LogP contribution in [0.2, 0.25) is 0 Å². The van der Waals surface area contributed by atoms with Crippen molar-refractivity contribution in [2.75, 3.05) is 20.7 Å². The average Bonchev–Trinajstić information content (AvgIpc) is 1.82. The van der Waals surface area contributed by atoms with E-state index in [0.29, 0.717) is 12.5 Å². The largest absolute Gasteiger partial charge is 0.475 e. The third kappa shape index (κ3) is 3.64. The molecule has 0 saturated carbocycles. The highest BCUT2D eigenvalue weighted by atomic mass is 16.5. The van der Waals surface area contributed by atoms with Gasteiger partial charge >= 0.3 is 0 Å². The lowest BCUT2D eigenvalue weighted by Crippen LogP contribution is -2.12. The predicted octanol–water partition coefficient (Wildman–Crippen LogP) is 1.22. The highest BCUT2D eigenvalue weighted by Crippen LogP contribution is 1.94.